The number of nitrogens with one attached hydrogen (secondary N) is 2. The van der Waals surface area contributed by atoms with E-state index < -0.39 is 16.1 Å². The lowest BCUT2D eigenvalue weighted by Gasteiger charge is -2.32. The third kappa shape index (κ3) is 8.40. The quantitative estimate of drug-likeness (QED) is 0.312. The molecule has 0 unspecified atom stereocenters. The zero-order chi connectivity index (χ0) is 28.3. The second-order valence-corrected chi connectivity index (χ2v) is 10.9. The maximum Gasteiger partial charge on any atom is 0.247 e. The van der Waals surface area contributed by atoms with Gasteiger partial charge in [-0.2, -0.15) is 0 Å². The van der Waals surface area contributed by atoms with Crippen LogP contribution >= 0.6 is 0 Å². The Morgan fingerprint density at radius 1 is 0.897 bits per heavy atom. The molecule has 208 valence electrons. The topological polar surface area (TPSA) is 105 Å². The fourth-order valence-electron chi connectivity index (χ4n) is 4.21. The Kier molecular flexibility index (Phi) is 11.1. The number of hydrogen-bond donors (Lipinski definition) is 2. The van der Waals surface area contributed by atoms with Crippen LogP contribution in [0.25, 0.3) is 0 Å². The lowest BCUT2D eigenvalue weighted by molar-refractivity contribution is -0.141. The number of carbonyl (C=O) groups is 2. The Balaban J connectivity index is 1.88. The molecule has 3 aromatic carbocycles. The molecule has 0 saturated heterocycles. The summed E-state index contributed by atoms with van der Waals surface area (Å²) in [6.07, 6.45) is 1.33. The highest BCUT2D eigenvalue weighted by Crippen LogP contribution is 2.26. The molecule has 0 aliphatic carbocycles. The standard InChI is InChI=1S/C30H37N3O5S/c1-4-21-31-30(35)29(25-9-7-6-8-10-25)33(22-24-11-16-26(38-3)17-12-24)28(34)20-15-23-13-18-27(19-14-23)39(36,37)32-5-2/h6-14,16-19,29,32H,4-5,15,20-22H2,1-3H3,(H,31,35)/t29-/m1/s1. The summed E-state index contributed by atoms with van der Waals surface area (Å²) >= 11 is 0. The van der Waals surface area contributed by atoms with Gasteiger partial charge in [0.2, 0.25) is 21.8 Å². The van der Waals surface area contributed by atoms with Gasteiger partial charge in [0.1, 0.15) is 11.8 Å². The predicted octanol–water partition coefficient (Wildman–Crippen LogP) is 4.22. The molecule has 0 fully saturated rings. The molecule has 8 nitrogen and oxygen atoms in total. The molecule has 3 aromatic rings. The molecule has 1 atom stereocenters. The van der Waals surface area contributed by atoms with Gasteiger partial charge in [-0.05, 0) is 53.8 Å². The lowest BCUT2D eigenvalue weighted by Crippen LogP contribution is -2.43. The fraction of sp³-hybridized carbons (Fsp3) is 0.333. The van der Waals surface area contributed by atoms with Crippen molar-refractivity contribution in [3.63, 3.8) is 0 Å². The molecule has 0 saturated carbocycles. The van der Waals surface area contributed by atoms with Gasteiger partial charge in [-0.3, -0.25) is 9.59 Å². The summed E-state index contributed by atoms with van der Waals surface area (Å²) in [4.78, 5) is 29.0. The van der Waals surface area contributed by atoms with E-state index in [4.69, 9.17) is 4.74 Å². The van der Waals surface area contributed by atoms with Crippen LogP contribution in [0.15, 0.2) is 83.8 Å². The number of nitrogens with zero attached hydrogens (tertiary/aromatic N) is 1. The zero-order valence-electron chi connectivity index (χ0n) is 22.7. The van der Waals surface area contributed by atoms with Crippen LogP contribution in [0.4, 0.5) is 0 Å². The third-order valence-corrected chi connectivity index (χ3v) is 7.81. The van der Waals surface area contributed by atoms with Gasteiger partial charge in [-0.25, -0.2) is 13.1 Å². The maximum absolute atomic E-state index is 13.8. The Morgan fingerprint density at radius 3 is 2.13 bits per heavy atom. The number of amides is 2. The molecular weight excluding hydrogens is 514 g/mol. The first-order valence-electron chi connectivity index (χ1n) is 13.1. The number of carbonyl (C=O) groups excluding carboxylic acids is 2. The highest BCUT2D eigenvalue weighted by Gasteiger charge is 2.31. The first-order valence-corrected chi connectivity index (χ1v) is 14.6. The van der Waals surface area contributed by atoms with E-state index in [0.717, 1.165) is 23.1 Å². The number of rotatable bonds is 14. The van der Waals surface area contributed by atoms with Crippen LogP contribution in [0.2, 0.25) is 0 Å². The van der Waals surface area contributed by atoms with Crippen LogP contribution in [-0.2, 0) is 32.6 Å². The zero-order valence-corrected chi connectivity index (χ0v) is 23.5. The molecule has 0 aliphatic rings. The molecule has 39 heavy (non-hydrogen) atoms. The van der Waals surface area contributed by atoms with Gasteiger partial charge in [-0.1, -0.05) is 68.4 Å². The lowest BCUT2D eigenvalue weighted by atomic mass is 10.0. The Hall–Kier alpha value is -3.69. The number of aryl methyl sites for hydroxylation is 1. The molecular formula is C30H37N3O5S. The summed E-state index contributed by atoms with van der Waals surface area (Å²) in [6, 6.07) is 22.4. The minimum absolute atomic E-state index is 0.153. The van der Waals surface area contributed by atoms with Gasteiger partial charge in [0.25, 0.3) is 0 Å². The van der Waals surface area contributed by atoms with Crippen LogP contribution in [0.1, 0.15) is 49.4 Å². The van der Waals surface area contributed by atoms with E-state index >= 15 is 0 Å². The second-order valence-electron chi connectivity index (χ2n) is 9.12. The molecule has 2 N–H and O–H groups in total. The van der Waals surface area contributed by atoms with Crippen LogP contribution in [0.5, 0.6) is 5.75 Å². The molecule has 0 radical (unpaired) electrons. The van der Waals surface area contributed by atoms with Gasteiger partial charge in [0.15, 0.2) is 0 Å². The SMILES string of the molecule is CCCNC(=O)[C@@H](c1ccccc1)N(Cc1ccc(OC)cc1)C(=O)CCc1ccc(S(=O)(=O)NCC)cc1. The van der Waals surface area contributed by atoms with E-state index in [2.05, 4.69) is 10.0 Å². The largest absolute Gasteiger partial charge is 0.497 e. The Labute approximate surface area is 231 Å². The van der Waals surface area contributed by atoms with E-state index in [-0.39, 0.29) is 29.7 Å². The summed E-state index contributed by atoms with van der Waals surface area (Å²) in [7, 11) is -1.96. The van der Waals surface area contributed by atoms with Crippen molar-refractivity contribution in [2.45, 2.75) is 50.6 Å². The van der Waals surface area contributed by atoms with E-state index in [1.807, 2.05) is 61.5 Å². The molecule has 0 heterocycles. The van der Waals surface area contributed by atoms with Crippen molar-refractivity contribution in [1.82, 2.24) is 14.9 Å². The third-order valence-electron chi connectivity index (χ3n) is 6.25. The Bertz CT molecular complexity index is 1310. The molecule has 0 aromatic heterocycles. The van der Waals surface area contributed by atoms with Gasteiger partial charge >= 0.3 is 0 Å². The minimum atomic E-state index is -3.55. The number of methoxy groups -OCH3 is 1. The first-order chi connectivity index (χ1) is 18.8. The number of benzene rings is 3. The van der Waals surface area contributed by atoms with Gasteiger partial charge in [-0.15, -0.1) is 0 Å². The predicted molar refractivity (Wildman–Crippen MR) is 152 cm³/mol. The van der Waals surface area contributed by atoms with Gasteiger partial charge in [0.05, 0.1) is 12.0 Å². The molecule has 3 rings (SSSR count). The molecule has 0 bridgehead atoms. The van der Waals surface area contributed by atoms with Gasteiger partial charge in [0, 0.05) is 26.1 Å². The van der Waals surface area contributed by atoms with Crippen molar-refractivity contribution >= 4 is 21.8 Å². The van der Waals surface area contributed by atoms with E-state index in [1.54, 1.807) is 31.1 Å². The van der Waals surface area contributed by atoms with Crippen molar-refractivity contribution in [1.29, 1.82) is 0 Å². The summed E-state index contributed by atoms with van der Waals surface area (Å²) in [6.45, 7) is 4.75. The van der Waals surface area contributed by atoms with Crippen molar-refractivity contribution in [2.24, 2.45) is 0 Å². The smallest absolute Gasteiger partial charge is 0.247 e. The fourth-order valence-corrected chi connectivity index (χ4v) is 5.25. The van der Waals surface area contributed by atoms with Crippen LogP contribution in [0.3, 0.4) is 0 Å². The average molecular weight is 552 g/mol. The van der Waals surface area contributed by atoms with E-state index in [0.29, 0.717) is 25.3 Å². The summed E-state index contributed by atoms with van der Waals surface area (Å²) in [5, 5.41) is 2.96. The average Bonchev–Trinajstić information content (AvgIpc) is 2.95. The van der Waals surface area contributed by atoms with E-state index in [9.17, 15) is 18.0 Å². The van der Waals surface area contributed by atoms with Crippen molar-refractivity contribution < 1.29 is 22.7 Å². The van der Waals surface area contributed by atoms with Gasteiger partial charge < -0.3 is 15.0 Å². The number of hydrogen-bond acceptors (Lipinski definition) is 5. The summed E-state index contributed by atoms with van der Waals surface area (Å²) < 4.78 is 32.2. The summed E-state index contributed by atoms with van der Waals surface area (Å²) in [5.74, 6) is 0.287. The van der Waals surface area contributed by atoms with Crippen molar-refractivity contribution in [3.05, 3.63) is 95.6 Å². The molecule has 2 amide bonds. The highest BCUT2D eigenvalue weighted by molar-refractivity contribution is 7.89. The number of ether oxygens (including phenoxy) is 1. The molecule has 9 heteroatoms. The monoisotopic (exact) mass is 551 g/mol. The minimum Gasteiger partial charge on any atom is -0.497 e. The normalized spacial score (nSPS) is 12.0. The first kappa shape index (κ1) is 29.9. The molecule has 0 spiro atoms. The second kappa shape index (κ2) is 14.5. The van der Waals surface area contributed by atoms with Crippen molar-refractivity contribution in [2.75, 3.05) is 20.2 Å². The van der Waals surface area contributed by atoms with Crippen LogP contribution < -0.4 is 14.8 Å². The summed E-state index contributed by atoms with van der Waals surface area (Å²) in [5.41, 5.74) is 2.42. The number of sulfonamides is 1. The van der Waals surface area contributed by atoms with E-state index in [1.165, 1.54) is 12.1 Å². The van der Waals surface area contributed by atoms with Crippen molar-refractivity contribution in [3.8, 4) is 5.75 Å². The molecule has 0 aliphatic heterocycles. The van der Waals surface area contributed by atoms with Crippen LogP contribution in [0, 0.1) is 0 Å². The highest BCUT2D eigenvalue weighted by atomic mass is 32.2. The van der Waals surface area contributed by atoms with Crippen LogP contribution in [-0.4, -0.2) is 45.3 Å². The Morgan fingerprint density at radius 2 is 1.54 bits per heavy atom. The maximum atomic E-state index is 13.8.